The molecule has 0 aliphatic heterocycles. The van der Waals surface area contributed by atoms with E-state index in [1.54, 1.807) is 30.3 Å². The van der Waals surface area contributed by atoms with E-state index >= 15 is 0 Å². The highest BCUT2D eigenvalue weighted by atomic mass is 35.5. The zero-order valence-corrected chi connectivity index (χ0v) is 21.6. The molecule has 4 N–H and O–H groups in total. The van der Waals surface area contributed by atoms with Gasteiger partial charge in [-0.25, -0.2) is 13.2 Å². The lowest BCUT2D eigenvalue weighted by molar-refractivity contribution is -0.138. The summed E-state index contributed by atoms with van der Waals surface area (Å²) in [5.74, 6) is -1.33. The van der Waals surface area contributed by atoms with E-state index in [1.165, 1.54) is 12.1 Å². The lowest BCUT2D eigenvalue weighted by atomic mass is 10.0. The van der Waals surface area contributed by atoms with Crippen molar-refractivity contribution in [3.8, 4) is 11.1 Å². The van der Waals surface area contributed by atoms with Gasteiger partial charge >= 0.3 is 12.0 Å². The maximum atomic E-state index is 12.8. The SMILES string of the molecule is CCCNC(=O)Nc1cccc(-c2ccc(C[C@H](NS(=O)(=O)c3cc(Cl)ccc3Cl)C(=O)O)cc2)c1. The van der Waals surface area contributed by atoms with Gasteiger partial charge in [0.15, 0.2) is 0 Å². The van der Waals surface area contributed by atoms with E-state index in [1.807, 2.05) is 25.1 Å². The van der Waals surface area contributed by atoms with Crippen molar-refractivity contribution in [1.82, 2.24) is 10.0 Å². The number of carbonyl (C=O) groups is 2. The van der Waals surface area contributed by atoms with Gasteiger partial charge in [0, 0.05) is 17.3 Å². The van der Waals surface area contributed by atoms with E-state index < -0.39 is 22.0 Å². The molecule has 36 heavy (non-hydrogen) atoms. The highest BCUT2D eigenvalue weighted by Gasteiger charge is 2.27. The van der Waals surface area contributed by atoms with Crippen LogP contribution in [0.3, 0.4) is 0 Å². The molecular weight excluding hydrogens is 525 g/mol. The predicted octanol–water partition coefficient (Wildman–Crippen LogP) is 5.17. The Bertz CT molecular complexity index is 1350. The van der Waals surface area contributed by atoms with Crippen LogP contribution >= 0.6 is 23.2 Å². The maximum absolute atomic E-state index is 12.8. The number of hydrogen-bond acceptors (Lipinski definition) is 4. The summed E-state index contributed by atoms with van der Waals surface area (Å²) >= 11 is 11.9. The number of aliphatic carboxylic acids is 1. The normalized spacial score (nSPS) is 12.1. The van der Waals surface area contributed by atoms with Crippen LogP contribution in [-0.2, 0) is 21.2 Å². The van der Waals surface area contributed by atoms with Crippen LogP contribution in [-0.4, -0.2) is 38.1 Å². The Morgan fingerprint density at radius 3 is 2.36 bits per heavy atom. The number of sulfonamides is 1. The van der Waals surface area contributed by atoms with Gasteiger partial charge in [0.2, 0.25) is 10.0 Å². The van der Waals surface area contributed by atoms with Gasteiger partial charge in [0.25, 0.3) is 0 Å². The summed E-state index contributed by atoms with van der Waals surface area (Å²) in [5.41, 5.74) is 2.93. The van der Waals surface area contributed by atoms with Crippen LogP contribution in [0.1, 0.15) is 18.9 Å². The van der Waals surface area contributed by atoms with Crippen molar-refractivity contribution in [2.45, 2.75) is 30.7 Å². The van der Waals surface area contributed by atoms with Crippen molar-refractivity contribution in [3.05, 3.63) is 82.3 Å². The van der Waals surface area contributed by atoms with Crippen LogP contribution in [0.5, 0.6) is 0 Å². The maximum Gasteiger partial charge on any atom is 0.322 e. The summed E-state index contributed by atoms with van der Waals surface area (Å²) in [6.45, 7) is 2.54. The van der Waals surface area contributed by atoms with Gasteiger partial charge in [-0.15, -0.1) is 0 Å². The first-order chi connectivity index (χ1) is 17.1. The number of rotatable bonds is 10. The Labute approximate surface area is 219 Å². The van der Waals surface area contributed by atoms with Gasteiger partial charge in [-0.2, -0.15) is 4.72 Å². The lowest BCUT2D eigenvalue weighted by Gasteiger charge is -2.16. The van der Waals surface area contributed by atoms with E-state index in [9.17, 15) is 23.1 Å². The molecule has 0 bridgehead atoms. The number of halogens is 2. The molecular formula is C25H25Cl2N3O5S. The van der Waals surface area contributed by atoms with Crippen molar-refractivity contribution >= 4 is 50.9 Å². The van der Waals surface area contributed by atoms with Crippen LogP contribution in [0.25, 0.3) is 11.1 Å². The first kappa shape index (κ1) is 27.5. The zero-order valence-electron chi connectivity index (χ0n) is 19.3. The first-order valence-corrected chi connectivity index (χ1v) is 13.3. The second kappa shape index (κ2) is 12.2. The number of nitrogens with one attached hydrogen (secondary N) is 3. The molecule has 2 amide bonds. The molecule has 0 heterocycles. The fraction of sp³-hybridized carbons (Fsp3) is 0.200. The van der Waals surface area contributed by atoms with E-state index in [2.05, 4.69) is 15.4 Å². The molecule has 0 saturated carbocycles. The standard InChI is InChI=1S/C25H25Cl2N3O5S/c1-2-12-28-25(33)29-20-5-3-4-18(14-20)17-8-6-16(7-9-17)13-22(24(31)32)30-36(34,35)23-15-19(26)10-11-21(23)27/h3-11,14-15,22,30H,2,12-13H2,1H3,(H,31,32)(H2,28,29,33)/t22-/m0/s1. The van der Waals surface area contributed by atoms with Crippen molar-refractivity contribution in [3.63, 3.8) is 0 Å². The topological polar surface area (TPSA) is 125 Å². The molecule has 0 radical (unpaired) electrons. The summed E-state index contributed by atoms with van der Waals surface area (Å²) in [6, 6.07) is 16.6. The molecule has 3 aromatic carbocycles. The van der Waals surface area contributed by atoms with Crippen LogP contribution in [0, 0.1) is 0 Å². The summed E-state index contributed by atoms with van der Waals surface area (Å²) < 4.78 is 27.7. The second-order valence-electron chi connectivity index (χ2n) is 7.95. The largest absolute Gasteiger partial charge is 0.480 e. The minimum absolute atomic E-state index is 0.0695. The molecule has 3 aromatic rings. The van der Waals surface area contributed by atoms with E-state index in [0.717, 1.165) is 23.6 Å². The van der Waals surface area contributed by atoms with E-state index in [4.69, 9.17) is 23.2 Å². The molecule has 0 fully saturated rings. The summed E-state index contributed by atoms with van der Waals surface area (Å²) in [7, 11) is -4.24. The van der Waals surface area contributed by atoms with Gasteiger partial charge in [-0.05, 0) is 59.9 Å². The summed E-state index contributed by atoms with van der Waals surface area (Å²) in [6.07, 6.45) is 0.741. The Kier molecular flexibility index (Phi) is 9.33. The monoisotopic (exact) mass is 549 g/mol. The van der Waals surface area contributed by atoms with Gasteiger partial charge < -0.3 is 15.7 Å². The summed E-state index contributed by atoms with van der Waals surface area (Å²) in [4.78, 5) is 23.4. The number of benzene rings is 3. The van der Waals surface area contributed by atoms with Crippen molar-refractivity contribution in [2.75, 3.05) is 11.9 Å². The zero-order chi connectivity index (χ0) is 26.3. The van der Waals surface area contributed by atoms with E-state index in [0.29, 0.717) is 17.8 Å². The van der Waals surface area contributed by atoms with Crippen molar-refractivity contribution in [2.24, 2.45) is 0 Å². The third kappa shape index (κ3) is 7.44. The van der Waals surface area contributed by atoms with Gasteiger partial charge in [-0.3, -0.25) is 4.79 Å². The Morgan fingerprint density at radius 1 is 0.972 bits per heavy atom. The molecule has 0 aliphatic carbocycles. The van der Waals surface area contributed by atoms with Crippen molar-refractivity contribution < 1.29 is 23.1 Å². The molecule has 8 nitrogen and oxygen atoms in total. The molecule has 0 aromatic heterocycles. The fourth-order valence-corrected chi connectivity index (χ4v) is 5.32. The molecule has 1 atom stereocenters. The summed E-state index contributed by atoms with van der Waals surface area (Å²) in [5, 5.41) is 15.2. The number of carboxylic acids is 1. The lowest BCUT2D eigenvalue weighted by Crippen LogP contribution is -2.42. The highest BCUT2D eigenvalue weighted by Crippen LogP contribution is 2.26. The number of urea groups is 1. The number of hydrogen-bond donors (Lipinski definition) is 4. The predicted molar refractivity (Wildman–Crippen MR) is 141 cm³/mol. The average Bonchev–Trinajstić information content (AvgIpc) is 2.84. The first-order valence-electron chi connectivity index (χ1n) is 11.0. The molecule has 0 unspecified atom stereocenters. The molecule has 190 valence electrons. The van der Waals surface area contributed by atoms with E-state index in [-0.39, 0.29) is 27.4 Å². The highest BCUT2D eigenvalue weighted by molar-refractivity contribution is 7.89. The van der Waals surface area contributed by atoms with Crippen LogP contribution in [0.4, 0.5) is 10.5 Å². The third-order valence-corrected chi connectivity index (χ3v) is 7.35. The quantitative estimate of drug-likeness (QED) is 0.277. The smallest absolute Gasteiger partial charge is 0.322 e. The van der Waals surface area contributed by atoms with Crippen molar-refractivity contribution in [1.29, 1.82) is 0 Å². The third-order valence-electron chi connectivity index (χ3n) is 5.16. The Morgan fingerprint density at radius 2 is 1.69 bits per heavy atom. The Hall–Kier alpha value is -3.11. The fourth-order valence-electron chi connectivity index (χ4n) is 3.37. The minimum atomic E-state index is -4.24. The average molecular weight is 550 g/mol. The number of anilines is 1. The molecule has 0 saturated heterocycles. The van der Waals surface area contributed by atoms with Gasteiger partial charge in [0.1, 0.15) is 10.9 Å². The molecule has 3 rings (SSSR count). The van der Waals surface area contributed by atoms with Crippen LogP contribution in [0.15, 0.2) is 71.6 Å². The second-order valence-corrected chi connectivity index (χ2v) is 10.5. The molecule has 0 aliphatic rings. The van der Waals surface area contributed by atoms with Crippen LogP contribution < -0.4 is 15.4 Å². The minimum Gasteiger partial charge on any atom is -0.480 e. The Balaban J connectivity index is 1.73. The molecule has 11 heteroatoms. The van der Waals surface area contributed by atoms with Crippen LogP contribution in [0.2, 0.25) is 10.0 Å². The number of carbonyl (C=O) groups excluding carboxylic acids is 1. The number of amides is 2. The van der Waals surface area contributed by atoms with Gasteiger partial charge in [-0.1, -0.05) is 66.5 Å². The number of carboxylic acid groups (broad SMARTS) is 1. The van der Waals surface area contributed by atoms with Gasteiger partial charge in [0.05, 0.1) is 5.02 Å². The molecule has 0 spiro atoms.